The summed E-state index contributed by atoms with van der Waals surface area (Å²) in [6.07, 6.45) is -0.155. The van der Waals surface area contributed by atoms with E-state index in [0.717, 1.165) is 11.4 Å². The Kier molecular flexibility index (Phi) is 5.34. The second-order valence-corrected chi connectivity index (χ2v) is 8.44. The number of amides is 1. The van der Waals surface area contributed by atoms with Crippen LogP contribution in [-0.2, 0) is 9.59 Å². The minimum atomic E-state index is -0.646. The molecular formula is C22H27N3O4. The van der Waals surface area contributed by atoms with E-state index in [9.17, 15) is 14.4 Å². The summed E-state index contributed by atoms with van der Waals surface area (Å²) in [7, 11) is 0. The number of carbonyl (C=O) groups excluding carboxylic acids is 3. The maximum Gasteiger partial charge on any atom is 0.278 e. The zero-order valence-corrected chi connectivity index (χ0v) is 17.8. The van der Waals surface area contributed by atoms with Crippen molar-refractivity contribution in [2.45, 2.75) is 54.1 Å². The Morgan fingerprint density at radius 3 is 2.41 bits per heavy atom. The molecule has 1 aliphatic heterocycles. The average molecular weight is 397 g/mol. The van der Waals surface area contributed by atoms with Crippen LogP contribution in [0.1, 0.15) is 55.9 Å². The number of ether oxygens (including phenoxy) is 1. The fourth-order valence-electron chi connectivity index (χ4n) is 3.22. The molecule has 0 spiro atoms. The van der Waals surface area contributed by atoms with Crippen LogP contribution in [0.2, 0.25) is 0 Å². The molecule has 0 saturated carbocycles. The molecule has 0 bridgehead atoms. The van der Waals surface area contributed by atoms with Crippen LogP contribution in [0.5, 0.6) is 5.75 Å². The average Bonchev–Trinajstić information content (AvgIpc) is 2.99. The van der Waals surface area contributed by atoms with Gasteiger partial charge in [-0.2, -0.15) is 5.10 Å². The molecule has 3 rings (SSSR count). The third-order valence-corrected chi connectivity index (χ3v) is 5.02. The van der Waals surface area contributed by atoms with E-state index in [2.05, 4.69) is 5.10 Å². The van der Waals surface area contributed by atoms with Gasteiger partial charge < -0.3 is 4.74 Å². The van der Waals surface area contributed by atoms with Gasteiger partial charge in [0.25, 0.3) is 11.8 Å². The number of rotatable bonds is 4. The molecule has 1 amide bonds. The third-order valence-electron chi connectivity index (χ3n) is 5.02. The van der Waals surface area contributed by atoms with Crippen LogP contribution in [0.4, 0.5) is 5.69 Å². The second kappa shape index (κ2) is 7.46. The van der Waals surface area contributed by atoms with E-state index in [1.165, 1.54) is 9.58 Å². The maximum atomic E-state index is 12.9. The SMILES string of the molecule is CCC1Oc2ccc(C(=O)n3nc(C)cc3C)cc2N(CC(=O)C(C)(C)C)C1=O. The number of hydrogen-bond acceptors (Lipinski definition) is 5. The lowest BCUT2D eigenvalue weighted by atomic mass is 9.90. The molecule has 0 aliphatic carbocycles. The molecule has 1 aliphatic rings. The predicted molar refractivity (Wildman–Crippen MR) is 109 cm³/mol. The molecule has 7 nitrogen and oxygen atoms in total. The Morgan fingerprint density at radius 2 is 1.86 bits per heavy atom. The zero-order valence-electron chi connectivity index (χ0n) is 17.8. The summed E-state index contributed by atoms with van der Waals surface area (Å²) in [6.45, 7) is 10.9. The largest absolute Gasteiger partial charge is 0.478 e. The number of Topliss-reactive ketones (excluding diaryl/α,β-unsaturated/α-hetero) is 1. The Hall–Kier alpha value is -2.96. The number of aryl methyl sites for hydroxylation is 2. The number of fused-ring (bicyclic) bond motifs is 1. The van der Waals surface area contributed by atoms with Crippen molar-refractivity contribution in [2.75, 3.05) is 11.4 Å². The quantitative estimate of drug-likeness (QED) is 0.791. The molecule has 1 atom stereocenters. The molecule has 154 valence electrons. The summed E-state index contributed by atoms with van der Waals surface area (Å²) in [5, 5.41) is 4.24. The molecule has 0 fully saturated rings. The second-order valence-electron chi connectivity index (χ2n) is 8.44. The van der Waals surface area contributed by atoms with Gasteiger partial charge in [-0.3, -0.25) is 19.3 Å². The van der Waals surface area contributed by atoms with Gasteiger partial charge in [-0.15, -0.1) is 0 Å². The van der Waals surface area contributed by atoms with Crippen molar-refractivity contribution >= 4 is 23.3 Å². The first-order chi connectivity index (χ1) is 13.5. The number of carbonyl (C=O) groups is 3. The smallest absolute Gasteiger partial charge is 0.278 e. The fourth-order valence-corrected chi connectivity index (χ4v) is 3.22. The number of anilines is 1. The van der Waals surface area contributed by atoms with Crippen LogP contribution in [0.15, 0.2) is 24.3 Å². The van der Waals surface area contributed by atoms with Gasteiger partial charge in [-0.25, -0.2) is 4.68 Å². The Balaban J connectivity index is 2.03. The number of hydrogen-bond donors (Lipinski definition) is 0. The monoisotopic (exact) mass is 397 g/mol. The molecule has 29 heavy (non-hydrogen) atoms. The van der Waals surface area contributed by atoms with Crippen molar-refractivity contribution < 1.29 is 19.1 Å². The van der Waals surface area contributed by atoms with Crippen molar-refractivity contribution in [3.05, 3.63) is 41.2 Å². The van der Waals surface area contributed by atoms with Crippen molar-refractivity contribution in [1.82, 2.24) is 9.78 Å². The summed E-state index contributed by atoms with van der Waals surface area (Å²) < 4.78 is 7.16. The van der Waals surface area contributed by atoms with Gasteiger partial charge in [0.2, 0.25) is 0 Å². The van der Waals surface area contributed by atoms with Crippen LogP contribution in [-0.4, -0.2) is 40.0 Å². The fraction of sp³-hybridized carbons (Fsp3) is 0.455. The lowest BCUT2D eigenvalue weighted by Crippen LogP contribution is -2.49. The first-order valence-corrected chi connectivity index (χ1v) is 9.76. The summed E-state index contributed by atoms with van der Waals surface area (Å²) in [4.78, 5) is 40.0. The van der Waals surface area contributed by atoms with Crippen molar-refractivity contribution in [1.29, 1.82) is 0 Å². The topological polar surface area (TPSA) is 81.5 Å². The van der Waals surface area contributed by atoms with Gasteiger partial charge in [0.1, 0.15) is 5.75 Å². The first kappa shape index (κ1) is 20.8. The highest BCUT2D eigenvalue weighted by atomic mass is 16.5. The predicted octanol–water partition coefficient (Wildman–Crippen LogP) is 3.31. The first-order valence-electron chi connectivity index (χ1n) is 9.76. The molecule has 2 heterocycles. The van der Waals surface area contributed by atoms with Gasteiger partial charge in [0, 0.05) is 16.7 Å². The molecule has 0 N–H and O–H groups in total. The highest BCUT2D eigenvalue weighted by molar-refractivity contribution is 6.06. The van der Waals surface area contributed by atoms with Gasteiger partial charge in [-0.1, -0.05) is 27.7 Å². The van der Waals surface area contributed by atoms with Crippen molar-refractivity contribution in [2.24, 2.45) is 5.41 Å². The van der Waals surface area contributed by atoms with E-state index >= 15 is 0 Å². The molecule has 0 saturated heterocycles. The summed E-state index contributed by atoms with van der Waals surface area (Å²) in [5.41, 5.74) is 1.69. The normalized spacial score (nSPS) is 16.4. The number of benzene rings is 1. The zero-order chi connectivity index (χ0) is 21.5. The Bertz CT molecular complexity index is 984. The van der Waals surface area contributed by atoms with Gasteiger partial charge in [0.05, 0.1) is 17.9 Å². The van der Waals surface area contributed by atoms with Crippen LogP contribution in [0.25, 0.3) is 0 Å². The molecular weight excluding hydrogens is 370 g/mol. The van der Waals surface area contributed by atoms with E-state index in [0.29, 0.717) is 23.4 Å². The van der Waals surface area contributed by atoms with E-state index in [1.54, 1.807) is 18.2 Å². The minimum absolute atomic E-state index is 0.0628. The molecule has 7 heteroatoms. The Labute approximate surface area is 170 Å². The number of aromatic nitrogens is 2. The van der Waals surface area contributed by atoms with Crippen molar-refractivity contribution in [3.8, 4) is 5.75 Å². The van der Waals surface area contributed by atoms with Crippen LogP contribution >= 0.6 is 0 Å². The highest BCUT2D eigenvalue weighted by Gasteiger charge is 2.36. The van der Waals surface area contributed by atoms with E-state index < -0.39 is 11.5 Å². The standard InChI is InChI=1S/C22H27N3O4/c1-7-17-21(28)24(12-19(26)22(4,5)6)16-11-15(8-9-18(16)29-17)20(27)25-14(3)10-13(2)23-25/h8-11,17H,7,12H2,1-6H3. The molecule has 1 aromatic carbocycles. The maximum absolute atomic E-state index is 12.9. The number of ketones is 1. The highest BCUT2D eigenvalue weighted by Crippen LogP contribution is 2.36. The van der Waals surface area contributed by atoms with E-state index in [4.69, 9.17) is 4.74 Å². The van der Waals surface area contributed by atoms with Gasteiger partial charge in [-0.05, 0) is 44.5 Å². The van der Waals surface area contributed by atoms with E-state index in [-0.39, 0.29) is 24.1 Å². The molecule has 1 aromatic heterocycles. The molecule has 0 radical (unpaired) electrons. The lowest BCUT2D eigenvalue weighted by Gasteiger charge is -2.35. The minimum Gasteiger partial charge on any atom is -0.478 e. The van der Waals surface area contributed by atoms with Gasteiger partial charge >= 0.3 is 0 Å². The number of nitrogens with zero attached hydrogens (tertiary/aromatic N) is 3. The van der Waals surface area contributed by atoms with Crippen molar-refractivity contribution in [3.63, 3.8) is 0 Å². The summed E-state index contributed by atoms with van der Waals surface area (Å²) in [5.74, 6) is -0.147. The summed E-state index contributed by atoms with van der Waals surface area (Å²) in [6, 6.07) is 6.76. The summed E-state index contributed by atoms with van der Waals surface area (Å²) >= 11 is 0. The third kappa shape index (κ3) is 3.95. The lowest BCUT2D eigenvalue weighted by molar-refractivity contribution is -0.130. The molecule has 1 unspecified atom stereocenters. The van der Waals surface area contributed by atoms with Crippen LogP contribution in [0.3, 0.4) is 0 Å². The Morgan fingerprint density at radius 1 is 1.17 bits per heavy atom. The van der Waals surface area contributed by atoms with E-state index in [1.807, 2.05) is 47.6 Å². The molecule has 2 aromatic rings. The van der Waals surface area contributed by atoms with Crippen LogP contribution in [0, 0.1) is 19.3 Å². The van der Waals surface area contributed by atoms with Gasteiger partial charge in [0.15, 0.2) is 11.9 Å². The van der Waals surface area contributed by atoms with Crippen LogP contribution < -0.4 is 9.64 Å².